The molecular weight excluding hydrogens is 872 g/mol. The quantitative estimate of drug-likeness (QED) is 0.273. The van der Waals surface area contributed by atoms with Crippen LogP contribution in [0, 0.1) is 56.6 Å². The first-order valence-corrected chi connectivity index (χ1v) is 7.35. The van der Waals surface area contributed by atoms with Crippen molar-refractivity contribution in [2.24, 2.45) is 17.8 Å². The van der Waals surface area contributed by atoms with Gasteiger partial charge in [0.15, 0.2) is 0 Å². The molecule has 2 aliphatic rings. The van der Waals surface area contributed by atoms with E-state index < -0.39 is 0 Å². The fourth-order valence-electron chi connectivity index (χ4n) is 3.94. The Labute approximate surface area is 212 Å². The second kappa shape index (κ2) is 10.3. The van der Waals surface area contributed by atoms with Gasteiger partial charge in [-0.25, -0.2) is 0 Å². The van der Waals surface area contributed by atoms with Gasteiger partial charge in [0.05, 0.1) is 0 Å². The third-order valence-corrected chi connectivity index (χ3v) is 4.87. The molecule has 1 aliphatic heterocycles. The van der Waals surface area contributed by atoms with Gasteiger partial charge in [-0.1, -0.05) is 6.92 Å². The largest absolute Gasteiger partial charge is 1.00 e. The molecule has 5 heteroatoms. The molecule has 1 saturated carbocycles. The SMILES string of the molecule is Cc1[c-]c2c([c-]c1C)N(C)C1C(C)[CH-]C(C)[CH-]C1C2.[Rb+].[Re].[Rf].[Rh]. The van der Waals surface area contributed by atoms with Crippen LogP contribution in [0.5, 0.6) is 0 Å². The summed E-state index contributed by atoms with van der Waals surface area (Å²) in [5.41, 5.74) is 5.10. The molecule has 122 valence electrons. The van der Waals surface area contributed by atoms with Gasteiger partial charge < -0.3 is 29.7 Å². The summed E-state index contributed by atoms with van der Waals surface area (Å²) in [7, 11) is 2.23. The van der Waals surface area contributed by atoms with Gasteiger partial charge in [0.1, 0.15) is 0 Å². The number of nitrogens with zero attached hydrogens (tertiary/aromatic N) is 1. The van der Waals surface area contributed by atoms with Crippen LogP contribution in [0.4, 0.5) is 5.69 Å². The summed E-state index contributed by atoms with van der Waals surface area (Å²) in [6.45, 7) is 8.93. The van der Waals surface area contributed by atoms with Crippen molar-refractivity contribution in [1.29, 1.82) is 0 Å². The van der Waals surface area contributed by atoms with Crippen molar-refractivity contribution in [2.75, 3.05) is 11.9 Å². The van der Waals surface area contributed by atoms with Gasteiger partial charge in [-0.15, -0.1) is 27.2 Å². The van der Waals surface area contributed by atoms with Crippen molar-refractivity contribution in [1.82, 2.24) is 0 Å². The molecule has 4 atom stereocenters. The molecule has 1 heterocycles. The van der Waals surface area contributed by atoms with Gasteiger partial charge in [0, 0.05) is 39.9 Å². The maximum atomic E-state index is 3.59. The molecule has 4 unspecified atom stereocenters. The Hall–Kier alpha value is 1.11. The predicted molar refractivity (Wildman–Crippen MR) is 79.9 cm³/mol. The smallest absolute Gasteiger partial charge is 0.450 e. The van der Waals surface area contributed by atoms with E-state index in [-0.39, 0.29) is 98.1 Å². The molecule has 3 rings (SSSR count). The molecule has 0 saturated heterocycles. The van der Waals surface area contributed by atoms with Crippen LogP contribution in [0.25, 0.3) is 0 Å². The third-order valence-electron chi connectivity index (χ3n) is 4.87. The zero-order valence-electron chi connectivity index (χ0n) is 15.0. The molecule has 0 N–H and O–H groups in total. The molecular formula is C18H23NRbReRfRh-3. The van der Waals surface area contributed by atoms with Crippen molar-refractivity contribution in [3.05, 3.63) is 41.7 Å². The number of hydrogen-bond acceptors (Lipinski definition) is 1. The number of benzene rings is 1. The molecule has 0 spiro atoms. The summed E-state index contributed by atoms with van der Waals surface area (Å²) in [5.74, 6) is 1.92. The van der Waals surface area contributed by atoms with Crippen LogP contribution in [0.2, 0.25) is 0 Å². The van der Waals surface area contributed by atoms with E-state index in [0.717, 1.165) is 6.42 Å². The Morgan fingerprint density at radius 3 is 2.26 bits per heavy atom. The van der Waals surface area contributed by atoms with E-state index in [1.165, 1.54) is 22.4 Å². The summed E-state index contributed by atoms with van der Waals surface area (Å²) >= 11 is 0. The molecule has 23 heavy (non-hydrogen) atoms. The van der Waals surface area contributed by atoms with E-state index in [1.54, 1.807) is 0 Å². The van der Waals surface area contributed by atoms with Crippen LogP contribution < -0.4 is 63.1 Å². The Kier molecular flexibility index (Phi) is 11.8. The average molecular weight is 895 g/mol. The van der Waals surface area contributed by atoms with E-state index in [9.17, 15) is 0 Å². The van der Waals surface area contributed by atoms with E-state index in [0.29, 0.717) is 23.8 Å². The molecule has 2 radical (unpaired) electrons. The Balaban J connectivity index is 0. The third kappa shape index (κ3) is 5.06. The van der Waals surface area contributed by atoms with E-state index in [2.05, 4.69) is 64.6 Å². The van der Waals surface area contributed by atoms with E-state index >= 15 is 0 Å². The summed E-state index contributed by atoms with van der Waals surface area (Å²) in [6.07, 6.45) is 6.13. The molecule has 1 nitrogen and oxygen atoms in total. The minimum absolute atomic E-state index is 0. The van der Waals surface area contributed by atoms with Crippen LogP contribution in [-0.4, -0.2) is 13.1 Å². The average Bonchev–Trinajstić information content (AvgIpc) is 2.31. The number of hydrogen-bond donors (Lipinski definition) is 0. The number of fused-ring (bicyclic) bond motifs is 2. The molecule has 1 fully saturated rings. The van der Waals surface area contributed by atoms with Crippen molar-refractivity contribution in [2.45, 2.75) is 40.2 Å². The first kappa shape index (κ1) is 26.3. The second-order valence-electron chi connectivity index (χ2n) is 6.40. The van der Waals surface area contributed by atoms with Crippen LogP contribution in [0.1, 0.15) is 30.5 Å². The normalized spacial score (nSPS) is 28.0. The molecule has 1 aromatic carbocycles. The van der Waals surface area contributed by atoms with Crippen LogP contribution >= 0.6 is 0 Å². The Morgan fingerprint density at radius 1 is 1.09 bits per heavy atom. The molecule has 0 bridgehead atoms. The zero-order chi connectivity index (χ0) is 13.7. The number of rotatable bonds is 0. The van der Waals surface area contributed by atoms with Crippen molar-refractivity contribution >= 4 is 5.69 Å². The molecule has 0 aromatic heterocycles. The first-order valence-electron chi connectivity index (χ1n) is 7.35. The summed E-state index contributed by atoms with van der Waals surface area (Å²) < 4.78 is 0. The summed E-state index contributed by atoms with van der Waals surface area (Å²) in [4.78, 5) is 2.44. The fourth-order valence-corrected chi connectivity index (χ4v) is 3.94. The molecule has 0 amide bonds. The van der Waals surface area contributed by atoms with Crippen molar-refractivity contribution in [3.8, 4) is 0 Å². The standard InChI is InChI=1S/C18H23N.Rb.Re.Rf.Rh/c1-11-6-14(4)18-16(7-11)10-15-8-12(2)13(3)9-17(15)19(18)5;;;;/h6-7,11,14,16,18H,10H2,1-5H3;;;;/q-4;+1;;;. The summed E-state index contributed by atoms with van der Waals surface area (Å²) in [5, 5.41) is 0. The zero-order valence-corrected chi connectivity index (χ0v) is 30.7. The Morgan fingerprint density at radius 2 is 1.65 bits per heavy atom. The van der Waals surface area contributed by atoms with E-state index in [1.807, 2.05) is 0 Å². The number of aryl methyl sites for hydroxylation is 2. The minimum atomic E-state index is 0. The van der Waals surface area contributed by atoms with Gasteiger partial charge in [-0.2, -0.15) is 17.5 Å². The fraction of sp³-hybridized carbons (Fsp3) is 0.556. The van der Waals surface area contributed by atoms with E-state index in [4.69, 9.17) is 0 Å². The summed E-state index contributed by atoms with van der Waals surface area (Å²) in [6, 6.07) is 7.76. The minimum Gasteiger partial charge on any atom is -0.450 e. The van der Waals surface area contributed by atoms with Gasteiger partial charge >= 0.3 is 58.2 Å². The first-order chi connectivity index (χ1) is 8.97. The Bertz CT molecular complexity index is 514. The van der Waals surface area contributed by atoms with Crippen LogP contribution in [0.15, 0.2) is 0 Å². The van der Waals surface area contributed by atoms with Gasteiger partial charge in [0.25, 0.3) is 0 Å². The van der Waals surface area contributed by atoms with Crippen molar-refractivity contribution < 1.29 is 98.1 Å². The maximum Gasteiger partial charge on any atom is 1.00 e. The monoisotopic (exact) mass is 895 g/mol. The second-order valence-corrected chi connectivity index (χ2v) is 6.40. The van der Waals surface area contributed by atoms with Crippen LogP contribution in [0.3, 0.4) is 0 Å². The van der Waals surface area contributed by atoms with Gasteiger partial charge in [-0.05, 0) is 13.1 Å². The van der Waals surface area contributed by atoms with Crippen LogP contribution in [-0.2, 0) is 46.3 Å². The predicted octanol–water partition coefficient (Wildman–Crippen LogP) is 0.574. The molecule has 1 aliphatic carbocycles. The van der Waals surface area contributed by atoms with Gasteiger partial charge in [-0.3, -0.25) is 22.8 Å². The maximum absolute atomic E-state index is 3.59. The molecule has 1 aromatic rings. The number of anilines is 1. The van der Waals surface area contributed by atoms with Crippen molar-refractivity contribution in [3.63, 3.8) is 0 Å². The topological polar surface area (TPSA) is 3.24 Å². The van der Waals surface area contributed by atoms with Gasteiger partial charge in [0.2, 0.25) is 0 Å².